The molecule has 1 saturated heterocycles. The van der Waals surface area contributed by atoms with Gasteiger partial charge in [-0.15, -0.1) is 0 Å². The van der Waals surface area contributed by atoms with Crippen LogP contribution >= 0.6 is 0 Å². The number of rotatable bonds is 4. The zero-order valence-corrected chi connectivity index (χ0v) is 15.6. The smallest absolute Gasteiger partial charge is 0.319 e. The molecule has 2 aromatic carbocycles. The van der Waals surface area contributed by atoms with E-state index in [1.165, 1.54) is 5.56 Å². The maximum Gasteiger partial charge on any atom is 0.319 e. The number of hydrogen-bond acceptors (Lipinski definition) is 4. The topological polar surface area (TPSA) is 82.7 Å². The lowest BCUT2D eigenvalue weighted by molar-refractivity contribution is -0.118. The monoisotopic (exact) mass is 380 g/mol. The molecule has 0 unspecified atom stereocenters. The highest BCUT2D eigenvalue weighted by atomic mass is 16.5. The minimum absolute atomic E-state index is 0.00972. The number of benzene rings is 2. The van der Waals surface area contributed by atoms with E-state index in [1.54, 1.807) is 18.2 Å². The Morgan fingerprint density at radius 2 is 1.93 bits per heavy atom. The SMILES string of the molecule is O=C1COc2cc(NC(=O)NC3CCN(Cc4ccccc4)CC3)ccc2N1. The molecule has 7 nitrogen and oxygen atoms in total. The molecule has 0 aliphatic carbocycles. The standard InChI is InChI=1S/C21H24N4O3/c26-20-14-28-19-12-17(6-7-18(19)24-20)23-21(27)22-16-8-10-25(11-9-16)13-15-4-2-1-3-5-15/h1-7,12,16H,8-11,13-14H2,(H,24,26)(H2,22,23,27). The number of nitrogens with one attached hydrogen (secondary N) is 3. The molecule has 3 amide bonds. The van der Waals surface area contributed by atoms with Crippen LogP contribution in [0.25, 0.3) is 0 Å². The summed E-state index contributed by atoms with van der Waals surface area (Å²) in [5.41, 5.74) is 2.57. The number of anilines is 2. The summed E-state index contributed by atoms with van der Waals surface area (Å²) in [7, 11) is 0. The second kappa shape index (κ2) is 8.31. The largest absolute Gasteiger partial charge is 0.482 e. The van der Waals surface area contributed by atoms with Crippen molar-refractivity contribution in [3.63, 3.8) is 0 Å². The number of amides is 3. The van der Waals surface area contributed by atoms with E-state index in [4.69, 9.17) is 4.74 Å². The molecule has 2 aromatic rings. The molecule has 0 aromatic heterocycles. The van der Waals surface area contributed by atoms with Gasteiger partial charge in [0.25, 0.3) is 5.91 Å². The zero-order chi connectivity index (χ0) is 19.3. The molecule has 0 saturated carbocycles. The summed E-state index contributed by atoms with van der Waals surface area (Å²) in [4.78, 5) is 26.1. The van der Waals surface area contributed by atoms with Crippen molar-refractivity contribution in [1.29, 1.82) is 0 Å². The molecule has 0 bridgehead atoms. The average molecular weight is 380 g/mol. The van der Waals surface area contributed by atoms with E-state index in [2.05, 4.69) is 45.1 Å². The first-order valence-corrected chi connectivity index (χ1v) is 9.56. The van der Waals surface area contributed by atoms with Crippen molar-refractivity contribution in [1.82, 2.24) is 10.2 Å². The quantitative estimate of drug-likeness (QED) is 0.762. The van der Waals surface area contributed by atoms with Gasteiger partial charge in [0, 0.05) is 37.4 Å². The van der Waals surface area contributed by atoms with Gasteiger partial charge in [-0.25, -0.2) is 4.79 Å². The number of piperidine rings is 1. The van der Waals surface area contributed by atoms with Gasteiger partial charge < -0.3 is 20.7 Å². The van der Waals surface area contributed by atoms with Crippen LogP contribution in [-0.4, -0.2) is 42.6 Å². The molecule has 7 heteroatoms. The molecule has 3 N–H and O–H groups in total. The van der Waals surface area contributed by atoms with Gasteiger partial charge >= 0.3 is 6.03 Å². The lowest BCUT2D eigenvalue weighted by Crippen LogP contribution is -2.45. The Hall–Kier alpha value is -3.06. The number of hydrogen-bond donors (Lipinski definition) is 3. The maximum absolute atomic E-state index is 12.3. The number of fused-ring (bicyclic) bond motifs is 1. The van der Waals surface area contributed by atoms with Crippen LogP contribution in [0.3, 0.4) is 0 Å². The number of urea groups is 1. The minimum atomic E-state index is -0.221. The van der Waals surface area contributed by atoms with Gasteiger partial charge in [-0.05, 0) is 30.5 Å². The number of carbonyl (C=O) groups is 2. The summed E-state index contributed by atoms with van der Waals surface area (Å²) < 4.78 is 5.38. The Labute approximate surface area is 164 Å². The van der Waals surface area contributed by atoms with E-state index in [0.29, 0.717) is 17.1 Å². The van der Waals surface area contributed by atoms with E-state index < -0.39 is 0 Å². The second-order valence-electron chi connectivity index (χ2n) is 7.18. The molecule has 0 atom stereocenters. The highest BCUT2D eigenvalue weighted by molar-refractivity contribution is 5.96. The van der Waals surface area contributed by atoms with Crippen LogP contribution in [0.1, 0.15) is 18.4 Å². The minimum Gasteiger partial charge on any atom is -0.482 e. The summed E-state index contributed by atoms with van der Waals surface area (Å²) in [6.45, 7) is 2.87. The zero-order valence-electron chi connectivity index (χ0n) is 15.6. The highest BCUT2D eigenvalue weighted by Crippen LogP contribution is 2.30. The lowest BCUT2D eigenvalue weighted by atomic mass is 10.0. The molecule has 2 heterocycles. The number of nitrogens with zero attached hydrogens (tertiary/aromatic N) is 1. The van der Waals surface area contributed by atoms with Crippen molar-refractivity contribution in [3.8, 4) is 5.75 Å². The first-order chi connectivity index (χ1) is 13.7. The van der Waals surface area contributed by atoms with Crippen LogP contribution < -0.4 is 20.7 Å². The Morgan fingerprint density at radius 1 is 1.14 bits per heavy atom. The third-order valence-electron chi connectivity index (χ3n) is 5.04. The van der Waals surface area contributed by atoms with Crippen molar-refractivity contribution >= 4 is 23.3 Å². The van der Waals surface area contributed by atoms with Gasteiger partial charge in [0.2, 0.25) is 0 Å². The van der Waals surface area contributed by atoms with Gasteiger partial charge in [-0.2, -0.15) is 0 Å². The van der Waals surface area contributed by atoms with E-state index in [0.717, 1.165) is 32.5 Å². The van der Waals surface area contributed by atoms with Crippen molar-refractivity contribution in [2.45, 2.75) is 25.4 Å². The Balaban J connectivity index is 1.24. The fraction of sp³-hybridized carbons (Fsp3) is 0.333. The Kier molecular flexibility index (Phi) is 5.43. The molecular formula is C21H24N4O3. The maximum atomic E-state index is 12.3. The van der Waals surface area contributed by atoms with Crippen molar-refractivity contribution in [2.24, 2.45) is 0 Å². The summed E-state index contributed by atoms with van der Waals surface area (Å²) in [5.74, 6) is 0.385. The first kappa shape index (κ1) is 18.3. The summed E-state index contributed by atoms with van der Waals surface area (Å²) >= 11 is 0. The van der Waals surface area contributed by atoms with E-state index in [-0.39, 0.29) is 24.6 Å². The first-order valence-electron chi connectivity index (χ1n) is 9.56. The molecule has 2 aliphatic heterocycles. The van der Waals surface area contributed by atoms with Crippen molar-refractivity contribution in [2.75, 3.05) is 30.3 Å². The van der Waals surface area contributed by atoms with Gasteiger partial charge in [-0.3, -0.25) is 9.69 Å². The van der Waals surface area contributed by atoms with E-state index in [9.17, 15) is 9.59 Å². The van der Waals surface area contributed by atoms with Gasteiger partial charge in [0.15, 0.2) is 6.61 Å². The fourth-order valence-corrected chi connectivity index (χ4v) is 3.58. The highest BCUT2D eigenvalue weighted by Gasteiger charge is 2.21. The van der Waals surface area contributed by atoms with Crippen LogP contribution in [0, 0.1) is 0 Å². The van der Waals surface area contributed by atoms with Crippen molar-refractivity contribution in [3.05, 3.63) is 54.1 Å². The predicted molar refractivity (Wildman–Crippen MR) is 107 cm³/mol. The van der Waals surface area contributed by atoms with Crippen LogP contribution in [0.2, 0.25) is 0 Å². The number of ether oxygens (including phenoxy) is 1. The second-order valence-corrected chi connectivity index (χ2v) is 7.18. The lowest BCUT2D eigenvalue weighted by Gasteiger charge is -2.32. The Morgan fingerprint density at radius 3 is 2.71 bits per heavy atom. The van der Waals surface area contributed by atoms with Crippen LogP contribution in [0.5, 0.6) is 5.75 Å². The number of likely N-dealkylation sites (tertiary alicyclic amines) is 1. The molecule has 0 radical (unpaired) electrons. The fourth-order valence-electron chi connectivity index (χ4n) is 3.58. The summed E-state index contributed by atoms with van der Waals surface area (Å²) in [5, 5.41) is 8.63. The average Bonchev–Trinajstić information content (AvgIpc) is 2.70. The van der Waals surface area contributed by atoms with Crippen LogP contribution in [0.15, 0.2) is 48.5 Å². The molecule has 28 heavy (non-hydrogen) atoms. The van der Waals surface area contributed by atoms with Gasteiger partial charge in [0.05, 0.1) is 5.69 Å². The van der Waals surface area contributed by atoms with Gasteiger partial charge in [-0.1, -0.05) is 30.3 Å². The third kappa shape index (κ3) is 4.61. The van der Waals surface area contributed by atoms with Crippen molar-refractivity contribution < 1.29 is 14.3 Å². The molecule has 4 rings (SSSR count). The van der Waals surface area contributed by atoms with Crippen LogP contribution in [-0.2, 0) is 11.3 Å². The molecular weight excluding hydrogens is 356 g/mol. The number of carbonyl (C=O) groups excluding carboxylic acids is 2. The van der Waals surface area contributed by atoms with Gasteiger partial charge in [0.1, 0.15) is 5.75 Å². The molecule has 0 spiro atoms. The normalized spacial score (nSPS) is 17.2. The Bertz CT molecular complexity index is 848. The summed E-state index contributed by atoms with van der Waals surface area (Å²) in [6, 6.07) is 15.6. The van der Waals surface area contributed by atoms with E-state index >= 15 is 0 Å². The summed E-state index contributed by atoms with van der Waals surface area (Å²) in [6.07, 6.45) is 1.86. The molecule has 1 fully saturated rings. The van der Waals surface area contributed by atoms with Crippen LogP contribution in [0.4, 0.5) is 16.2 Å². The predicted octanol–water partition coefficient (Wildman–Crippen LogP) is 2.80. The third-order valence-corrected chi connectivity index (χ3v) is 5.04. The molecule has 146 valence electrons. The molecule has 2 aliphatic rings. The van der Waals surface area contributed by atoms with E-state index in [1.807, 2.05) is 6.07 Å².